The highest BCUT2D eigenvalue weighted by molar-refractivity contribution is 5.82. The predicted octanol–water partition coefficient (Wildman–Crippen LogP) is 1.43. The fourth-order valence-corrected chi connectivity index (χ4v) is 3.38. The Kier molecular flexibility index (Phi) is 5.22. The molecule has 1 heterocycles. The molecule has 110 valence electrons. The van der Waals surface area contributed by atoms with Gasteiger partial charge in [0, 0.05) is 12.6 Å². The summed E-state index contributed by atoms with van der Waals surface area (Å²) in [5.41, 5.74) is 0. The first-order valence-corrected chi connectivity index (χ1v) is 7.82. The average Bonchev–Trinajstić information content (AvgIpc) is 2.85. The Hall–Kier alpha value is -0.610. The van der Waals surface area contributed by atoms with E-state index >= 15 is 0 Å². The molecule has 3 N–H and O–H groups in total. The summed E-state index contributed by atoms with van der Waals surface area (Å²) in [6, 6.07) is 0.148. The van der Waals surface area contributed by atoms with E-state index in [-0.39, 0.29) is 18.1 Å². The van der Waals surface area contributed by atoms with Gasteiger partial charge in [0.15, 0.2) is 0 Å². The van der Waals surface area contributed by atoms with Crippen LogP contribution in [0.1, 0.15) is 52.4 Å². The molecule has 1 saturated heterocycles. The third-order valence-electron chi connectivity index (χ3n) is 4.99. The van der Waals surface area contributed by atoms with E-state index < -0.39 is 0 Å². The van der Waals surface area contributed by atoms with E-state index in [2.05, 4.69) is 24.5 Å². The quantitative estimate of drug-likeness (QED) is 0.723. The third-order valence-corrected chi connectivity index (χ3v) is 4.99. The van der Waals surface area contributed by atoms with E-state index in [0.717, 1.165) is 24.7 Å². The Bertz CT molecular complexity index is 301. The van der Waals surface area contributed by atoms with Gasteiger partial charge in [-0.05, 0) is 43.9 Å². The van der Waals surface area contributed by atoms with Crippen molar-refractivity contribution in [2.45, 2.75) is 70.6 Å². The molecule has 1 amide bonds. The minimum atomic E-state index is -0.364. The Balaban J connectivity index is 1.72. The number of amides is 1. The molecule has 2 aliphatic rings. The van der Waals surface area contributed by atoms with Crippen LogP contribution in [0.4, 0.5) is 0 Å². The molecule has 1 saturated carbocycles. The SMILES string of the molecule is CCC(C)[C@H]1CC[C@H](NC(=O)[C@@H]2C[C@H](O)CN2)CC1. The van der Waals surface area contributed by atoms with Crippen LogP contribution in [-0.2, 0) is 4.79 Å². The van der Waals surface area contributed by atoms with Gasteiger partial charge in [0.1, 0.15) is 0 Å². The van der Waals surface area contributed by atoms with Crippen LogP contribution in [0, 0.1) is 11.8 Å². The van der Waals surface area contributed by atoms with Gasteiger partial charge in [-0.15, -0.1) is 0 Å². The van der Waals surface area contributed by atoms with Crippen molar-refractivity contribution in [3.63, 3.8) is 0 Å². The molecule has 19 heavy (non-hydrogen) atoms. The molecule has 0 aromatic rings. The second-order valence-electron chi connectivity index (χ2n) is 6.36. The van der Waals surface area contributed by atoms with Crippen molar-refractivity contribution in [2.24, 2.45) is 11.8 Å². The molecule has 4 heteroatoms. The molecule has 2 rings (SSSR count). The Morgan fingerprint density at radius 1 is 1.37 bits per heavy atom. The highest BCUT2D eigenvalue weighted by Crippen LogP contribution is 2.31. The van der Waals surface area contributed by atoms with Gasteiger partial charge in [0.25, 0.3) is 0 Å². The summed E-state index contributed by atoms with van der Waals surface area (Å²) in [6.07, 6.45) is 6.13. The molecule has 0 spiro atoms. The lowest BCUT2D eigenvalue weighted by atomic mass is 9.78. The molecule has 0 radical (unpaired) electrons. The largest absolute Gasteiger partial charge is 0.392 e. The van der Waals surface area contributed by atoms with E-state index in [4.69, 9.17) is 0 Å². The Labute approximate surface area is 116 Å². The standard InChI is InChI=1S/C15H28N2O2/c1-3-10(2)11-4-6-12(7-5-11)17-15(19)14-8-13(18)9-16-14/h10-14,16,18H,3-9H2,1-2H3,(H,17,19)/t10?,11-,12-,13-,14-/m0/s1. The van der Waals surface area contributed by atoms with Crippen molar-refractivity contribution < 1.29 is 9.90 Å². The molecular formula is C15H28N2O2. The lowest BCUT2D eigenvalue weighted by Crippen LogP contribution is -2.46. The molecular weight excluding hydrogens is 240 g/mol. The monoisotopic (exact) mass is 268 g/mol. The molecule has 2 fully saturated rings. The summed E-state index contributed by atoms with van der Waals surface area (Å²) < 4.78 is 0. The normalized spacial score (nSPS) is 37.0. The fraction of sp³-hybridized carbons (Fsp3) is 0.933. The average molecular weight is 268 g/mol. The van der Waals surface area contributed by atoms with Gasteiger partial charge in [-0.2, -0.15) is 0 Å². The van der Waals surface area contributed by atoms with Gasteiger partial charge < -0.3 is 15.7 Å². The lowest BCUT2D eigenvalue weighted by Gasteiger charge is -2.32. The summed E-state index contributed by atoms with van der Waals surface area (Å²) in [5, 5.41) is 15.7. The number of hydrogen-bond donors (Lipinski definition) is 3. The van der Waals surface area contributed by atoms with E-state index in [9.17, 15) is 9.90 Å². The molecule has 0 aromatic carbocycles. The third kappa shape index (κ3) is 3.93. The highest BCUT2D eigenvalue weighted by Gasteiger charge is 2.31. The molecule has 3 atom stereocenters. The lowest BCUT2D eigenvalue weighted by molar-refractivity contribution is -0.123. The van der Waals surface area contributed by atoms with Crippen molar-refractivity contribution in [1.29, 1.82) is 0 Å². The van der Waals surface area contributed by atoms with E-state index in [0.29, 0.717) is 19.0 Å². The molecule has 0 aromatic heterocycles. The van der Waals surface area contributed by atoms with Crippen LogP contribution >= 0.6 is 0 Å². The maximum Gasteiger partial charge on any atom is 0.237 e. The van der Waals surface area contributed by atoms with Crippen LogP contribution in [0.5, 0.6) is 0 Å². The molecule has 1 aliphatic carbocycles. The first-order chi connectivity index (χ1) is 9.10. The van der Waals surface area contributed by atoms with Crippen LogP contribution < -0.4 is 10.6 Å². The number of hydrogen-bond acceptors (Lipinski definition) is 3. The number of aliphatic hydroxyl groups excluding tert-OH is 1. The zero-order chi connectivity index (χ0) is 13.8. The smallest absolute Gasteiger partial charge is 0.237 e. The Morgan fingerprint density at radius 3 is 2.58 bits per heavy atom. The van der Waals surface area contributed by atoms with Gasteiger partial charge >= 0.3 is 0 Å². The number of carbonyl (C=O) groups excluding carboxylic acids is 1. The number of rotatable bonds is 4. The summed E-state index contributed by atoms with van der Waals surface area (Å²) >= 11 is 0. The first kappa shape index (κ1) is 14.8. The molecule has 4 nitrogen and oxygen atoms in total. The zero-order valence-electron chi connectivity index (χ0n) is 12.2. The van der Waals surface area contributed by atoms with E-state index in [1.807, 2.05) is 0 Å². The summed E-state index contributed by atoms with van der Waals surface area (Å²) in [4.78, 5) is 12.0. The fourth-order valence-electron chi connectivity index (χ4n) is 3.38. The van der Waals surface area contributed by atoms with Crippen molar-refractivity contribution in [2.75, 3.05) is 6.54 Å². The molecule has 1 unspecified atom stereocenters. The minimum absolute atomic E-state index is 0.0727. The maximum absolute atomic E-state index is 12.0. The molecule has 0 bridgehead atoms. The number of nitrogens with one attached hydrogen (secondary N) is 2. The van der Waals surface area contributed by atoms with Crippen molar-refractivity contribution in [3.8, 4) is 0 Å². The highest BCUT2D eigenvalue weighted by atomic mass is 16.3. The van der Waals surface area contributed by atoms with Gasteiger partial charge in [-0.25, -0.2) is 0 Å². The number of carbonyl (C=O) groups is 1. The molecule has 1 aliphatic heterocycles. The number of β-amino-alcohol motifs (C(OH)–C–C–N with tert-alkyl or cyclic N) is 1. The summed E-state index contributed by atoms with van der Waals surface area (Å²) in [6.45, 7) is 5.14. The first-order valence-electron chi connectivity index (χ1n) is 7.82. The minimum Gasteiger partial charge on any atom is -0.392 e. The van der Waals surface area contributed by atoms with Crippen LogP contribution in [0.2, 0.25) is 0 Å². The van der Waals surface area contributed by atoms with Gasteiger partial charge in [-0.1, -0.05) is 20.3 Å². The maximum atomic E-state index is 12.0. The second kappa shape index (κ2) is 6.71. The van der Waals surface area contributed by atoms with Crippen LogP contribution in [0.25, 0.3) is 0 Å². The van der Waals surface area contributed by atoms with Crippen LogP contribution in [0.3, 0.4) is 0 Å². The Morgan fingerprint density at radius 2 is 2.05 bits per heavy atom. The topological polar surface area (TPSA) is 61.4 Å². The van der Waals surface area contributed by atoms with E-state index in [1.54, 1.807) is 0 Å². The number of aliphatic hydroxyl groups is 1. The van der Waals surface area contributed by atoms with Crippen LogP contribution in [0.15, 0.2) is 0 Å². The summed E-state index contributed by atoms with van der Waals surface area (Å²) in [5.74, 6) is 1.72. The van der Waals surface area contributed by atoms with Gasteiger partial charge in [0.2, 0.25) is 5.91 Å². The van der Waals surface area contributed by atoms with Crippen molar-refractivity contribution in [1.82, 2.24) is 10.6 Å². The van der Waals surface area contributed by atoms with Crippen molar-refractivity contribution >= 4 is 5.91 Å². The predicted molar refractivity (Wildman–Crippen MR) is 75.8 cm³/mol. The van der Waals surface area contributed by atoms with Gasteiger partial charge in [-0.3, -0.25) is 4.79 Å². The zero-order valence-corrected chi connectivity index (χ0v) is 12.2. The second-order valence-corrected chi connectivity index (χ2v) is 6.36. The van der Waals surface area contributed by atoms with E-state index in [1.165, 1.54) is 19.3 Å². The summed E-state index contributed by atoms with van der Waals surface area (Å²) in [7, 11) is 0. The van der Waals surface area contributed by atoms with Crippen molar-refractivity contribution in [3.05, 3.63) is 0 Å². The van der Waals surface area contributed by atoms with Crippen LogP contribution in [-0.4, -0.2) is 35.7 Å². The van der Waals surface area contributed by atoms with Gasteiger partial charge in [0.05, 0.1) is 12.1 Å².